The molecule has 0 aliphatic carbocycles. The van der Waals surface area contributed by atoms with Gasteiger partial charge in [-0.1, -0.05) is 31.9 Å². The summed E-state index contributed by atoms with van der Waals surface area (Å²) in [6.07, 6.45) is 3.55. The average Bonchev–Trinajstić information content (AvgIpc) is 2.62. The number of unbranched alkanes of at least 4 members (excludes halogenated alkanes) is 3. The monoisotopic (exact) mass is 528 g/mol. The molecule has 1 atom stereocenters. The van der Waals surface area contributed by atoms with Crippen LogP contribution >= 0.6 is 26.2 Å². The molecule has 1 aromatic carbocycles. The summed E-state index contributed by atoms with van der Waals surface area (Å²) in [5.41, 5.74) is 1.57. The molecule has 7 nitrogen and oxygen atoms in total. The zero-order valence-electron chi connectivity index (χ0n) is 15.3. The van der Waals surface area contributed by atoms with Crippen molar-refractivity contribution in [2.45, 2.75) is 45.6 Å². The van der Waals surface area contributed by atoms with Gasteiger partial charge in [-0.25, -0.2) is 4.79 Å². The van der Waals surface area contributed by atoms with Crippen molar-refractivity contribution in [2.75, 3.05) is 18.5 Å². The van der Waals surface area contributed by atoms with E-state index >= 15 is 0 Å². The first-order chi connectivity index (χ1) is 12.8. The van der Waals surface area contributed by atoms with Gasteiger partial charge in [-0.05, 0) is 42.3 Å². The summed E-state index contributed by atoms with van der Waals surface area (Å²) in [5.74, 6) is -0.0423. The Kier molecular flexibility index (Phi) is 12.1. The average molecular weight is 528 g/mol. The number of anilines is 1. The molecule has 0 saturated heterocycles. The largest absolute Gasteiger partial charge is 0.445 e. The number of hydrogen-bond acceptors (Lipinski definition) is 5. The molecule has 152 valence electrons. The molecule has 0 aliphatic rings. The molecule has 0 heterocycles. The van der Waals surface area contributed by atoms with E-state index in [0.717, 1.165) is 36.9 Å². The Labute approximate surface area is 178 Å². The number of hydrogen-bond donors (Lipinski definition) is 3. The molecule has 1 aromatic rings. The molecule has 0 fully saturated rings. The van der Waals surface area contributed by atoms with E-state index in [4.69, 9.17) is 21.1 Å². The summed E-state index contributed by atoms with van der Waals surface area (Å²) < 4.78 is 7.72. The first-order valence-electron chi connectivity index (χ1n) is 8.76. The fraction of sp³-hybridized carbons (Fsp3) is 0.529. The molecule has 2 amide bonds. The molecule has 27 heavy (non-hydrogen) atoms. The van der Waals surface area contributed by atoms with Gasteiger partial charge in [0, 0.05) is 40.7 Å². The molecular formula is C17H26IN2O5PS. The van der Waals surface area contributed by atoms with Crippen LogP contribution in [0.5, 0.6) is 0 Å². The number of alkyl carbamates (subject to hydrolysis) is 1. The minimum atomic E-state index is -2.57. The minimum absolute atomic E-state index is 0.0423. The van der Waals surface area contributed by atoms with Gasteiger partial charge in [-0.2, -0.15) is 0 Å². The van der Waals surface area contributed by atoms with Crippen LogP contribution in [0.2, 0.25) is 0 Å². The number of carbonyl (C=O) groups excluding carboxylic acids is 2. The smallest absolute Gasteiger partial charge is 0.407 e. The third-order valence-corrected chi connectivity index (χ3v) is 5.17. The number of nitrogens with one attached hydrogen (secondary N) is 2. The van der Waals surface area contributed by atoms with E-state index in [9.17, 15) is 14.5 Å². The first kappa shape index (κ1) is 24.3. The van der Waals surface area contributed by atoms with Crippen LogP contribution < -0.4 is 10.6 Å². The number of rotatable bonds is 12. The highest BCUT2D eigenvalue weighted by Gasteiger charge is 2.06. The molecule has 10 heteroatoms. The lowest BCUT2D eigenvalue weighted by molar-refractivity contribution is -0.115. The second-order valence-electron chi connectivity index (χ2n) is 5.80. The molecule has 0 spiro atoms. The van der Waals surface area contributed by atoms with Crippen LogP contribution in [0.15, 0.2) is 24.3 Å². The number of ether oxygens (including phenoxy) is 1. The molecule has 3 N–H and O–H groups in total. The third kappa shape index (κ3) is 13.1. The van der Waals surface area contributed by atoms with Gasteiger partial charge in [0.25, 0.3) is 0 Å². The molecule has 1 rings (SSSR count). The number of carbonyl (C=O) groups is 2. The Hall–Kier alpha value is -0.740. The van der Waals surface area contributed by atoms with E-state index in [2.05, 4.69) is 10.6 Å². The maximum absolute atomic E-state index is 11.7. The lowest BCUT2D eigenvalue weighted by atomic mass is 10.2. The Morgan fingerprint density at radius 1 is 1.19 bits per heavy atom. The summed E-state index contributed by atoms with van der Waals surface area (Å²) in [7, 11) is 0. The van der Waals surface area contributed by atoms with Gasteiger partial charge in [-0.15, -0.1) is 0 Å². The summed E-state index contributed by atoms with van der Waals surface area (Å²) >= 11 is 6.53. The van der Waals surface area contributed by atoms with Gasteiger partial charge in [0.15, 0.2) is 0 Å². The fourth-order valence-corrected chi connectivity index (χ4v) is 3.25. The lowest BCUT2D eigenvalue weighted by Gasteiger charge is -2.09. The maximum atomic E-state index is 11.7. The van der Waals surface area contributed by atoms with Gasteiger partial charge in [0.1, 0.15) is 6.61 Å². The van der Waals surface area contributed by atoms with Crippen LogP contribution in [0.1, 0.15) is 44.6 Å². The Balaban J connectivity index is 2.08. The van der Waals surface area contributed by atoms with Crippen molar-refractivity contribution in [2.24, 2.45) is 0 Å². The highest BCUT2D eigenvalue weighted by Crippen LogP contribution is 2.51. The van der Waals surface area contributed by atoms with Crippen LogP contribution in [0, 0.1) is 0 Å². The van der Waals surface area contributed by atoms with E-state index in [1.165, 1.54) is 0 Å². The van der Waals surface area contributed by atoms with Gasteiger partial charge < -0.3 is 24.8 Å². The van der Waals surface area contributed by atoms with Gasteiger partial charge >= 0.3 is 6.09 Å². The van der Waals surface area contributed by atoms with Crippen molar-refractivity contribution >= 4 is 55.7 Å². The second kappa shape index (κ2) is 13.4. The third-order valence-electron chi connectivity index (χ3n) is 3.52. The number of amides is 2. The van der Waals surface area contributed by atoms with Crippen LogP contribution in [0.25, 0.3) is 0 Å². The van der Waals surface area contributed by atoms with E-state index in [1.807, 2.05) is 12.1 Å². The molecule has 1 unspecified atom stereocenters. The van der Waals surface area contributed by atoms with Gasteiger partial charge in [0.2, 0.25) is 10.0 Å². The van der Waals surface area contributed by atoms with Crippen LogP contribution in [-0.4, -0.2) is 30.0 Å². The van der Waals surface area contributed by atoms with E-state index in [1.54, 1.807) is 41.1 Å². The lowest BCUT2D eigenvalue weighted by Crippen LogP contribution is -2.25. The number of halogens is 1. The highest BCUT2D eigenvalue weighted by atomic mass is 127. The fourth-order valence-electron chi connectivity index (χ4n) is 2.08. The predicted molar refractivity (Wildman–Crippen MR) is 118 cm³/mol. The molecule has 0 aromatic heterocycles. The van der Waals surface area contributed by atoms with Crippen LogP contribution in [0.4, 0.5) is 10.5 Å². The van der Waals surface area contributed by atoms with Gasteiger partial charge in [0.05, 0.1) is 6.61 Å². The van der Waals surface area contributed by atoms with Gasteiger partial charge in [-0.3, -0.25) is 4.79 Å². The summed E-state index contributed by atoms with van der Waals surface area (Å²) in [5, 5.41) is 5.47. The first-order valence-corrected chi connectivity index (χ1v) is 14.2. The van der Waals surface area contributed by atoms with Crippen molar-refractivity contribution in [1.29, 1.82) is 0 Å². The van der Waals surface area contributed by atoms with Crippen molar-refractivity contribution in [3.8, 4) is 0 Å². The molecule has 0 saturated carbocycles. The Morgan fingerprint density at radius 3 is 2.48 bits per heavy atom. The maximum Gasteiger partial charge on any atom is 0.407 e. The summed E-state index contributed by atoms with van der Waals surface area (Å²) in [4.78, 5) is 32.3. The van der Waals surface area contributed by atoms with Crippen LogP contribution in [-0.2, 0) is 32.5 Å². The minimum Gasteiger partial charge on any atom is -0.445 e. The quantitative estimate of drug-likeness (QED) is 0.210. The standard InChI is InChI=1S/C17H26IN2O5PS/c1-2-16(21)20-15-9-7-14(8-10-15)13-24-17(22)19-11-5-3-4-6-12-25-26(18,23)27/h7-10H,2-6,11-13H2,1H3,(H,19,22)(H,20,21)(H,23,27). The summed E-state index contributed by atoms with van der Waals surface area (Å²) in [6.45, 7) is 2.98. The predicted octanol–water partition coefficient (Wildman–Crippen LogP) is 4.49. The zero-order chi connectivity index (χ0) is 20.1. The highest BCUT2D eigenvalue weighted by molar-refractivity contribution is 14.2. The molecule has 0 radical (unpaired) electrons. The van der Waals surface area contributed by atoms with E-state index in [-0.39, 0.29) is 12.5 Å². The van der Waals surface area contributed by atoms with E-state index in [0.29, 0.717) is 19.6 Å². The van der Waals surface area contributed by atoms with Crippen molar-refractivity contribution in [3.05, 3.63) is 29.8 Å². The Morgan fingerprint density at radius 2 is 1.85 bits per heavy atom. The van der Waals surface area contributed by atoms with Crippen molar-refractivity contribution < 1.29 is 23.7 Å². The van der Waals surface area contributed by atoms with Crippen LogP contribution in [0.3, 0.4) is 0 Å². The van der Waals surface area contributed by atoms with Crippen molar-refractivity contribution in [3.63, 3.8) is 0 Å². The molecular weight excluding hydrogens is 502 g/mol. The number of benzene rings is 1. The normalized spacial score (nSPS) is 12.9. The second-order valence-corrected chi connectivity index (χ2v) is 14.3. The van der Waals surface area contributed by atoms with E-state index < -0.39 is 10.2 Å². The molecule has 0 bridgehead atoms. The van der Waals surface area contributed by atoms with Crippen molar-refractivity contribution in [1.82, 2.24) is 5.32 Å². The SMILES string of the molecule is CCC(=O)Nc1ccc(COC(=O)NCCCCCCOP(O)(=S)I)cc1. The zero-order valence-corrected chi connectivity index (χ0v) is 19.1. The Bertz CT molecular complexity index is 639. The molecule has 0 aliphatic heterocycles. The summed E-state index contributed by atoms with van der Waals surface area (Å²) in [6, 6.07) is 7.17. The topological polar surface area (TPSA) is 96.9 Å².